The quantitative estimate of drug-likeness (QED) is 0.198. The fraction of sp³-hybridized carbons (Fsp3) is 0.393. The van der Waals surface area contributed by atoms with Crippen LogP contribution in [-0.4, -0.2) is 67.5 Å². The molecular weight excluding hydrogens is 578 g/mol. The number of nitrogens with zero attached hydrogens (tertiary/aromatic N) is 3. The standard InChI is InChI=1S/C28H29F4N5O2S2/c1-37-13-11-22(21(29)16-37)36-24-7-4-6-19-20(15-28(30,31)32)26(40-27(19)24)8-5-12-34-23-10-9-18(14-25(23)39-2)41(3,38)35-17-33/h4,6-7,9-10,14,21-22,34,36H,11-13,15-16H2,1-3H3/t21?,22-,41?/m1/s1. The zero-order valence-electron chi connectivity index (χ0n) is 22.6. The molecule has 1 aliphatic heterocycles. The first-order valence-corrected chi connectivity index (χ1v) is 15.4. The van der Waals surface area contributed by atoms with E-state index in [0.717, 1.165) is 17.9 Å². The van der Waals surface area contributed by atoms with Gasteiger partial charge in [-0.1, -0.05) is 24.0 Å². The van der Waals surface area contributed by atoms with E-state index in [1.165, 1.54) is 19.4 Å². The number of benzene rings is 2. The molecule has 0 aliphatic carbocycles. The smallest absolute Gasteiger partial charge is 0.393 e. The molecule has 2 N–H and O–H groups in total. The lowest BCUT2D eigenvalue weighted by molar-refractivity contribution is -0.126. The van der Waals surface area contributed by atoms with Crippen LogP contribution in [0, 0.1) is 23.3 Å². The Hall–Kier alpha value is -3.52. The maximum atomic E-state index is 14.7. The van der Waals surface area contributed by atoms with Crippen LogP contribution in [0.4, 0.5) is 28.9 Å². The third-order valence-electron chi connectivity index (χ3n) is 6.68. The summed E-state index contributed by atoms with van der Waals surface area (Å²) in [6.07, 6.45) is -3.18. The summed E-state index contributed by atoms with van der Waals surface area (Å²) in [4.78, 5) is 2.52. The molecule has 1 aliphatic rings. The van der Waals surface area contributed by atoms with Gasteiger partial charge in [0.25, 0.3) is 0 Å². The average molecular weight is 608 g/mol. The second-order valence-corrected chi connectivity index (χ2v) is 13.0. The number of hydrogen-bond donors (Lipinski definition) is 2. The first kappa shape index (κ1) is 30.4. The van der Waals surface area contributed by atoms with Crippen LogP contribution >= 0.6 is 11.3 Å². The zero-order chi connectivity index (χ0) is 29.8. The van der Waals surface area contributed by atoms with Crippen molar-refractivity contribution in [1.82, 2.24) is 4.90 Å². The van der Waals surface area contributed by atoms with E-state index in [1.54, 1.807) is 36.5 Å². The van der Waals surface area contributed by atoms with Crippen molar-refractivity contribution in [1.29, 1.82) is 5.26 Å². The summed E-state index contributed by atoms with van der Waals surface area (Å²) in [7, 11) is 0.370. The van der Waals surface area contributed by atoms with Gasteiger partial charge in [-0.15, -0.1) is 15.7 Å². The van der Waals surface area contributed by atoms with Gasteiger partial charge in [0.05, 0.1) is 61.7 Å². The van der Waals surface area contributed by atoms with E-state index in [9.17, 15) is 21.8 Å². The summed E-state index contributed by atoms with van der Waals surface area (Å²) in [6, 6.07) is 9.31. The number of methoxy groups -OCH3 is 1. The molecule has 1 saturated heterocycles. The van der Waals surface area contributed by atoms with Crippen LogP contribution in [0.15, 0.2) is 45.7 Å². The van der Waals surface area contributed by atoms with Gasteiger partial charge in [-0.05, 0) is 48.7 Å². The van der Waals surface area contributed by atoms with E-state index >= 15 is 0 Å². The normalized spacial score (nSPS) is 19.0. The monoisotopic (exact) mass is 607 g/mol. The Balaban J connectivity index is 1.60. The Labute approximate surface area is 240 Å². The second-order valence-electron chi connectivity index (χ2n) is 9.71. The summed E-state index contributed by atoms with van der Waals surface area (Å²) >= 11 is 1.15. The molecule has 0 radical (unpaired) electrons. The Morgan fingerprint density at radius 2 is 2.05 bits per heavy atom. The SMILES string of the molecule is COc1cc(S(C)(=O)=NC#N)ccc1NCC#Cc1sc2c(N[C@@H]3CCN(C)CC3F)cccc2c1CC(F)(F)F. The highest BCUT2D eigenvalue weighted by molar-refractivity contribution is 7.93. The fourth-order valence-electron chi connectivity index (χ4n) is 4.63. The summed E-state index contributed by atoms with van der Waals surface area (Å²) in [6.45, 7) is 1.10. The number of alkyl halides is 4. The number of thiophene rings is 1. The Bertz CT molecular complexity index is 1650. The van der Waals surface area contributed by atoms with Crippen molar-refractivity contribution < 1.29 is 26.5 Å². The molecule has 2 aromatic carbocycles. The lowest BCUT2D eigenvalue weighted by atomic mass is 10.0. The van der Waals surface area contributed by atoms with Crippen LogP contribution in [0.5, 0.6) is 5.75 Å². The van der Waals surface area contributed by atoms with Crippen molar-refractivity contribution in [2.45, 2.75) is 36.1 Å². The molecule has 3 aromatic rings. The molecule has 41 heavy (non-hydrogen) atoms. The number of hydrogen-bond acceptors (Lipinski definition) is 8. The third kappa shape index (κ3) is 7.41. The Kier molecular flexibility index (Phi) is 9.32. The van der Waals surface area contributed by atoms with Gasteiger partial charge in [0.2, 0.25) is 6.19 Å². The highest BCUT2D eigenvalue weighted by Crippen LogP contribution is 2.39. The zero-order valence-corrected chi connectivity index (χ0v) is 24.3. The molecule has 0 amide bonds. The minimum absolute atomic E-state index is 0.0870. The number of anilines is 2. The lowest BCUT2D eigenvalue weighted by Gasteiger charge is -2.33. The van der Waals surface area contributed by atoms with Crippen LogP contribution in [0.1, 0.15) is 16.9 Å². The van der Waals surface area contributed by atoms with Crippen molar-refractivity contribution in [3.8, 4) is 23.8 Å². The second kappa shape index (κ2) is 12.6. The van der Waals surface area contributed by atoms with Crippen LogP contribution < -0.4 is 15.4 Å². The van der Waals surface area contributed by atoms with Gasteiger partial charge in [-0.25, -0.2) is 8.60 Å². The number of likely N-dealkylation sites (tertiary alicyclic amines) is 1. The van der Waals surface area contributed by atoms with E-state index in [1.807, 2.05) is 11.9 Å². The number of rotatable bonds is 7. The first-order chi connectivity index (χ1) is 19.4. The number of piperidine rings is 1. The Morgan fingerprint density at radius 1 is 1.27 bits per heavy atom. The fourth-order valence-corrected chi connectivity index (χ4v) is 6.71. The van der Waals surface area contributed by atoms with Crippen LogP contribution in [0.2, 0.25) is 0 Å². The molecule has 4 rings (SSSR count). The maximum Gasteiger partial charge on any atom is 0.393 e. The van der Waals surface area contributed by atoms with E-state index in [-0.39, 0.29) is 12.1 Å². The molecular formula is C28H29F4N5O2S2. The lowest BCUT2D eigenvalue weighted by Crippen LogP contribution is -2.46. The minimum Gasteiger partial charge on any atom is -0.495 e. The van der Waals surface area contributed by atoms with Crippen molar-refractivity contribution in [2.75, 3.05) is 50.7 Å². The molecule has 1 fully saturated rings. The van der Waals surface area contributed by atoms with E-state index < -0.39 is 34.5 Å². The van der Waals surface area contributed by atoms with Gasteiger partial charge in [-0.3, -0.25) is 0 Å². The number of nitriles is 1. The molecule has 0 saturated carbocycles. The van der Waals surface area contributed by atoms with Gasteiger partial charge in [0.1, 0.15) is 11.9 Å². The van der Waals surface area contributed by atoms with Gasteiger partial charge < -0.3 is 20.3 Å². The molecule has 1 aromatic heterocycles. The predicted molar refractivity (Wildman–Crippen MR) is 155 cm³/mol. The summed E-state index contributed by atoms with van der Waals surface area (Å²) in [5, 5.41) is 15.5. The van der Waals surface area contributed by atoms with Gasteiger partial charge in [-0.2, -0.15) is 18.4 Å². The maximum absolute atomic E-state index is 14.7. The van der Waals surface area contributed by atoms with Gasteiger partial charge in [0, 0.05) is 19.3 Å². The third-order valence-corrected chi connectivity index (χ3v) is 9.43. The minimum atomic E-state index is -4.44. The largest absolute Gasteiger partial charge is 0.495 e. The van der Waals surface area contributed by atoms with Crippen molar-refractivity contribution in [2.24, 2.45) is 4.36 Å². The number of nitrogens with one attached hydrogen (secondary N) is 2. The van der Waals surface area contributed by atoms with Crippen LogP contribution in [0.3, 0.4) is 0 Å². The summed E-state index contributed by atoms with van der Waals surface area (Å²) in [5.74, 6) is 6.13. The van der Waals surface area contributed by atoms with Crippen molar-refractivity contribution >= 4 is 42.5 Å². The first-order valence-electron chi connectivity index (χ1n) is 12.6. The molecule has 218 valence electrons. The number of ether oxygens (including phenoxy) is 1. The average Bonchev–Trinajstić information content (AvgIpc) is 3.24. The van der Waals surface area contributed by atoms with Gasteiger partial charge in [0.15, 0.2) is 0 Å². The Morgan fingerprint density at radius 3 is 2.73 bits per heavy atom. The molecule has 2 unspecified atom stereocenters. The van der Waals surface area contributed by atoms with Gasteiger partial charge >= 0.3 is 6.18 Å². The van der Waals surface area contributed by atoms with E-state index in [4.69, 9.17) is 10.00 Å². The van der Waals surface area contributed by atoms with Crippen molar-refractivity contribution in [3.63, 3.8) is 0 Å². The van der Waals surface area contributed by atoms with E-state index in [0.29, 0.717) is 49.9 Å². The molecule has 0 bridgehead atoms. The molecule has 7 nitrogen and oxygen atoms in total. The number of halogens is 4. The van der Waals surface area contributed by atoms with E-state index in [2.05, 4.69) is 26.8 Å². The molecule has 3 atom stereocenters. The number of fused-ring (bicyclic) bond motifs is 1. The van der Waals surface area contributed by atoms with Crippen LogP contribution in [-0.2, 0) is 16.1 Å². The highest BCUT2D eigenvalue weighted by Gasteiger charge is 2.32. The van der Waals surface area contributed by atoms with Crippen LogP contribution in [0.25, 0.3) is 10.1 Å². The highest BCUT2D eigenvalue weighted by atomic mass is 32.2. The van der Waals surface area contributed by atoms with Crippen molar-refractivity contribution in [3.05, 3.63) is 46.8 Å². The topological polar surface area (TPSA) is 89.7 Å². The predicted octanol–water partition coefficient (Wildman–Crippen LogP) is 5.87. The summed E-state index contributed by atoms with van der Waals surface area (Å²) < 4.78 is 77.4. The molecule has 13 heteroatoms. The summed E-state index contributed by atoms with van der Waals surface area (Å²) in [5.41, 5.74) is 1.21. The molecule has 0 spiro atoms. The molecule has 2 heterocycles.